The van der Waals surface area contributed by atoms with Crippen molar-refractivity contribution in [3.05, 3.63) is 41.7 Å². The van der Waals surface area contributed by atoms with E-state index in [0.29, 0.717) is 23.4 Å². The lowest BCUT2D eigenvalue weighted by molar-refractivity contribution is 0.0895. The van der Waals surface area contributed by atoms with Crippen LogP contribution in [-0.4, -0.2) is 28.0 Å². The van der Waals surface area contributed by atoms with Gasteiger partial charge in [-0.05, 0) is 57.6 Å². The number of carbonyl (C=O) groups excluding carboxylic acids is 1. The predicted molar refractivity (Wildman–Crippen MR) is 94.6 cm³/mol. The fourth-order valence-electron chi connectivity index (χ4n) is 3.42. The number of aryl methyl sites for hydroxylation is 1. The Morgan fingerprint density at radius 1 is 1.12 bits per heavy atom. The number of oxazole rings is 1. The Balaban J connectivity index is 1.29. The maximum Gasteiger partial charge on any atom is 0.289 e. The Labute approximate surface area is 147 Å². The smallest absolute Gasteiger partial charge is 0.289 e. The van der Waals surface area contributed by atoms with Gasteiger partial charge < -0.3 is 15.1 Å². The number of rotatable bonds is 5. The van der Waals surface area contributed by atoms with Crippen LogP contribution in [0.25, 0.3) is 0 Å². The summed E-state index contributed by atoms with van der Waals surface area (Å²) in [6.45, 7) is 1.85. The lowest BCUT2D eigenvalue weighted by Crippen LogP contribution is -2.40. The second-order valence-corrected chi connectivity index (χ2v) is 7.12. The summed E-state index contributed by atoms with van der Waals surface area (Å²) in [6, 6.07) is 6.49. The monoisotopic (exact) mass is 340 g/mol. The summed E-state index contributed by atoms with van der Waals surface area (Å²) in [7, 11) is 0. The molecule has 2 N–H and O–H groups in total. The third kappa shape index (κ3) is 3.83. The van der Waals surface area contributed by atoms with Crippen LogP contribution in [0.1, 0.15) is 66.6 Å². The molecule has 2 aromatic rings. The second kappa shape index (κ2) is 6.86. The Kier molecular flexibility index (Phi) is 4.42. The Morgan fingerprint density at radius 3 is 2.56 bits per heavy atom. The molecule has 0 radical (unpaired) electrons. The SMILES string of the molecule is Cc1nc(C2CC2)oc1C(=O)NC1CCC(Nc2ccccn2)CC1. The zero-order valence-electron chi connectivity index (χ0n) is 14.5. The number of carbonyl (C=O) groups is 1. The first-order valence-corrected chi connectivity index (χ1v) is 9.15. The highest BCUT2D eigenvalue weighted by Crippen LogP contribution is 2.40. The van der Waals surface area contributed by atoms with E-state index in [1.165, 1.54) is 0 Å². The molecule has 0 saturated heterocycles. The van der Waals surface area contributed by atoms with Crippen LogP contribution in [0.5, 0.6) is 0 Å². The van der Waals surface area contributed by atoms with Crippen LogP contribution in [0.2, 0.25) is 0 Å². The van der Waals surface area contributed by atoms with Gasteiger partial charge in [-0.3, -0.25) is 4.79 Å². The van der Waals surface area contributed by atoms with Crippen molar-refractivity contribution in [2.45, 2.75) is 63.5 Å². The lowest BCUT2D eigenvalue weighted by Gasteiger charge is -2.29. The first-order chi connectivity index (χ1) is 12.2. The Morgan fingerprint density at radius 2 is 1.88 bits per heavy atom. The third-order valence-corrected chi connectivity index (χ3v) is 5.03. The van der Waals surface area contributed by atoms with E-state index < -0.39 is 0 Å². The molecule has 0 aliphatic heterocycles. The molecule has 2 aliphatic carbocycles. The van der Waals surface area contributed by atoms with Gasteiger partial charge >= 0.3 is 0 Å². The van der Waals surface area contributed by atoms with Crippen LogP contribution < -0.4 is 10.6 Å². The average Bonchev–Trinajstić information content (AvgIpc) is 3.40. The fraction of sp³-hybridized carbons (Fsp3) is 0.526. The number of hydrogen-bond acceptors (Lipinski definition) is 5. The third-order valence-electron chi connectivity index (χ3n) is 5.03. The number of amides is 1. The van der Waals surface area contributed by atoms with Crippen molar-refractivity contribution in [3.8, 4) is 0 Å². The van der Waals surface area contributed by atoms with Gasteiger partial charge in [0.15, 0.2) is 5.89 Å². The lowest BCUT2D eigenvalue weighted by atomic mass is 9.91. The second-order valence-electron chi connectivity index (χ2n) is 7.12. The van der Waals surface area contributed by atoms with Gasteiger partial charge in [-0.1, -0.05) is 6.07 Å². The molecule has 2 aromatic heterocycles. The molecule has 132 valence electrons. The normalized spacial score (nSPS) is 23.2. The van der Waals surface area contributed by atoms with E-state index in [4.69, 9.17) is 4.42 Å². The van der Waals surface area contributed by atoms with Gasteiger partial charge in [0.2, 0.25) is 5.76 Å². The van der Waals surface area contributed by atoms with Gasteiger partial charge in [0, 0.05) is 24.2 Å². The van der Waals surface area contributed by atoms with Crippen molar-refractivity contribution in [1.29, 1.82) is 0 Å². The predicted octanol–water partition coefficient (Wildman–Crippen LogP) is 3.41. The number of aromatic nitrogens is 2. The Bertz CT molecular complexity index is 731. The molecular formula is C19H24N4O2. The molecule has 4 rings (SSSR count). The molecular weight excluding hydrogens is 316 g/mol. The number of nitrogens with one attached hydrogen (secondary N) is 2. The van der Waals surface area contributed by atoms with Crippen molar-refractivity contribution in [2.75, 3.05) is 5.32 Å². The number of hydrogen-bond donors (Lipinski definition) is 2. The number of pyridine rings is 1. The maximum atomic E-state index is 12.5. The summed E-state index contributed by atoms with van der Waals surface area (Å²) >= 11 is 0. The number of nitrogens with zero attached hydrogens (tertiary/aromatic N) is 2. The quantitative estimate of drug-likeness (QED) is 0.872. The fourth-order valence-corrected chi connectivity index (χ4v) is 3.42. The maximum absolute atomic E-state index is 12.5. The van der Waals surface area contributed by atoms with Crippen molar-refractivity contribution < 1.29 is 9.21 Å². The average molecular weight is 340 g/mol. The molecule has 6 heteroatoms. The van der Waals surface area contributed by atoms with E-state index in [1.807, 2.05) is 25.1 Å². The van der Waals surface area contributed by atoms with E-state index in [2.05, 4.69) is 20.6 Å². The summed E-state index contributed by atoms with van der Waals surface area (Å²) < 4.78 is 5.70. The molecule has 2 heterocycles. The van der Waals surface area contributed by atoms with Crippen LogP contribution in [0.4, 0.5) is 5.82 Å². The molecule has 0 atom stereocenters. The summed E-state index contributed by atoms with van der Waals surface area (Å²) in [5.41, 5.74) is 0.699. The minimum Gasteiger partial charge on any atom is -0.435 e. The molecule has 2 fully saturated rings. The molecule has 6 nitrogen and oxygen atoms in total. The van der Waals surface area contributed by atoms with Gasteiger partial charge in [0.25, 0.3) is 5.91 Å². The summed E-state index contributed by atoms with van der Waals surface area (Å²) in [4.78, 5) is 21.2. The van der Waals surface area contributed by atoms with Gasteiger partial charge in [-0.15, -0.1) is 0 Å². The van der Waals surface area contributed by atoms with Crippen LogP contribution in [0.3, 0.4) is 0 Å². The zero-order chi connectivity index (χ0) is 17.2. The van der Waals surface area contributed by atoms with E-state index in [-0.39, 0.29) is 11.9 Å². The van der Waals surface area contributed by atoms with E-state index in [1.54, 1.807) is 6.20 Å². The molecule has 1 amide bonds. The van der Waals surface area contributed by atoms with Crippen molar-refractivity contribution in [3.63, 3.8) is 0 Å². The van der Waals surface area contributed by atoms with Crippen LogP contribution in [0.15, 0.2) is 28.8 Å². The first kappa shape index (κ1) is 16.1. The molecule has 2 saturated carbocycles. The van der Waals surface area contributed by atoms with E-state index in [9.17, 15) is 4.79 Å². The summed E-state index contributed by atoms with van der Waals surface area (Å²) in [5, 5.41) is 6.58. The highest BCUT2D eigenvalue weighted by molar-refractivity contribution is 5.92. The van der Waals surface area contributed by atoms with E-state index in [0.717, 1.165) is 50.2 Å². The summed E-state index contributed by atoms with van der Waals surface area (Å²) in [6.07, 6.45) is 7.98. The van der Waals surface area contributed by atoms with Gasteiger partial charge in [-0.25, -0.2) is 9.97 Å². The largest absolute Gasteiger partial charge is 0.435 e. The topological polar surface area (TPSA) is 80.0 Å². The highest BCUT2D eigenvalue weighted by Gasteiger charge is 2.31. The molecule has 0 aromatic carbocycles. The molecule has 0 spiro atoms. The Hall–Kier alpha value is -2.37. The molecule has 0 unspecified atom stereocenters. The van der Waals surface area contributed by atoms with Crippen LogP contribution >= 0.6 is 0 Å². The standard InChI is InChI=1S/C19H24N4O2/c1-12-17(25-19(21-12)13-5-6-13)18(24)23-15-9-7-14(8-10-15)22-16-4-2-3-11-20-16/h2-4,11,13-15H,5-10H2,1H3,(H,20,22)(H,23,24). The van der Waals surface area contributed by atoms with E-state index >= 15 is 0 Å². The van der Waals surface area contributed by atoms with Gasteiger partial charge in [-0.2, -0.15) is 0 Å². The van der Waals surface area contributed by atoms with Crippen molar-refractivity contribution >= 4 is 11.7 Å². The molecule has 2 aliphatic rings. The summed E-state index contributed by atoms with van der Waals surface area (Å²) in [5.74, 6) is 2.33. The number of anilines is 1. The van der Waals surface area contributed by atoms with Crippen LogP contribution in [-0.2, 0) is 0 Å². The van der Waals surface area contributed by atoms with Crippen molar-refractivity contribution in [2.24, 2.45) is 0 Å². The van der Waals surface area contributed by atoms with Gasteiger partial charge in [0.1, 0.15) is 5.82 Å². The minimum atomic E-state index is -0.127. The highest BCUT2D eigenvalue weighted by atomic mass is 16.4. The van der Waals surface area contributed by atoms with Gasteiger partial charge in [0.05, 0.1) is 5.69 Å². The zero-order valence-corrected chi connectivity index (χ0v) is 14.5. The first-order valence-electron chi connectivity index (χ1n) is 9.15. The van der Waals surface area contributed by atoms with Crippen LogP contribution in [0, 0.1) is 6.92 Å². The minimum absolute atomic E-state index is 0.127. The van der Waals surface area contributed by atoms with Crippen molar-refractivity contribution in [1.82, 2.24) is 15.3 Å². The molecule has 25 heavy (non-hydrogen) atoms. The molecule has 0 bridgehead atoms.